The van der Waals surface area contributed by atoms with Crippen LogP contribution in [0, 0.1) is 13.8 Å². The summed E-state index contributed by atoms with van der Waals surface area (Å²) in [4.78, 5) is 10.8. The van der Waals surface area contributed by atoms with Gasteiger partial charge in [-0.05, 0) is 44.6 Å². The van der Waals surface area contributed by atoms with Gasteiger partial charge >= 0.3 is 0 Å². The molecule has 0 spiro atoms. The maximum absolute atomic E-state index is 4.78. The molecule has 0 fully saturated rings. The second-order valence-corrected chi connectivity index (χ2v) is 8.26. The van der Waals surface area contributed by atoms with E-state index in [1.807, 2.05) is 30.1 Å². The number of aryl methyl sites for hydroxylation is 3. The van der Waals surface area contributed by atoms with Crippen LogP contribution in [0.5, 0.6) is 0 Å². The third-order valence-electron chi connectivity index (χ3n) is 5.10. The summed E-state index contributed by atoms with van der Waals surface area (Å²) in [5.74, 6) is 4.28. The minimum atomic E-state index is 0.0965. The van der Waals surface area contributed by atoms with Crippen molar-refractivity contribution >= 4 is 17.3 Å². The van der Waals surface area contributed by atoms with E-state index in [0.29, 0.717) is 6.54 Å². The molecule has 154 valence electrons. The Kier molecular flexibility index (Phi) is 5.89. The molecule has 4 heterocycles. The fourth-order valence-corrected chi connectivity index (χ4v) is 4.13. The highest BCUT2D eigenvalue weighted by atomic mass is 32.1. The Balaban J connectivity index is 1.48. The lowest BCUT2D eigenvalue weighted by molar-refractivity contribution is 0.397. The molecular formula is C19H27N9S. The predicted molar refractivity (Wildman–Crippen MR) is 113 cm³/mol. The molecule has 0 aliphatic carbocycles. The van der Waals surface area contributed by atoms with Gasteiger partial charge in [0.05, 0.1) is 6.04 Å². The predicted octanol–water partition coefficient (Wildman–Crippen LogP) is 1.90. The maximum atomic E-state index is 4.78. The van der Waals surface area contributed by atoms with E-state index in [4.69, 9.17) is 4.99 Å². The number of nitrogens with one attached hydrogen (secondary N) is 2. The van der Waals surface area contributed by atoms with Crippen molar-refractivity contribution in [1.82, 2.24) is 40.2 Å². The summed E-state index contributed by atoms with van der Waals surface area (Å²) >= 11 is 1.78. The highest BCUT2D eigenvalue weighted by Gasteiger charge is 2.24. The number of aromatic nitrogens is 6. The van der Waals surface area contributed by atoms with E-state index in [0.717, 1.165) is 61.6 Å². The van der Waals surface area contributed by atoms with E-state index in [2.05, 4.69) is 48.4 Å². The van der Waals surface area contributed by atoms with Crippen molar-refractivity contribution in [3.63, 3.8) is 0 Å². The zero-order valence-corrected chi connectivity index (χ0v) is 17.9. The monoisotopic (exact) mass is 413 g/mol. The molecule has 3 aromatic rings. The number of aliphatic imine (C=N–C) groups is 1. The van der Waals surface area contributed by atoms with Crippen LogP contribution < -0.4 is 10.6 Å². The molecule has 0 saturated heterocycles. The topological polar surface area (TPSA) is 97.8 Å². The molecule has 1 atom stereocenters. The molecular weight excluding hydrogens is 386 g/mol. The van der Waals surface area contributed by atoms with Gasteiger partial charge in [-0.2, -0.15) is 5.10 Å². The Bertz CT molecular complexity index is 970. The molecule has 2 N–H and O–H groups in total. The highest BCUT2D eigenvalue weighted by Crippen LogP contribution is 2.22. The number of nitrogens with zero attached hydrogens (tertiary/aromatic N) is 7. The Labute approximate surface area is 174 Å². The lowest BCUT2D eigenvalue weighted by atomic mass is 10.1. The molecule has 1 unspecified atom stereocenters. The SMILES string of the molecule is Cc1nc2n(n1)CCCC2NC(=NCc1nnc(C)n1C)NCCc1cccs1. The summed E-state index contributed by atoms with van der Waals surface area (Å²) in [7, 11) is 1.96. The van der Waals surface area contributed by atoms with Crippen molar-refractivity contribution in [2.75, 3.05) is 6.54 Å². The van der Waals surface area contributed by atoms with Crippen molar-refractivity contribution in [2.24, 2.45) is 12.0 Å². The first-order chi connectivity index (χ1) is 14.1. The van der Waals surface area contributed by atoms with E-state index < -0.39 is 0 Å². The first-order valence-electron chi connectivity index (χ1n) is 9.93. The number of guanidine groups is 1. The maximum Gasteiger partial charge on any atom is 0.192 e. The average Bonchev–Trinajstić information content (AvgIpc) is 3.42. The molecule has 4 rings (SSSR count). The number of hydrogen-bond acceptors (Lipinski definition) is 6. The van der Waals surface area contributed by atoms with Gasteiger partial charge in [-0.1, -0.05) is 6.07 Å². The molecule has 0 amide bonds. The van der Waals surface area contributed by atoms with Gasteiger partial charge in [0.2, 0.25) is 0 Å². The van der Waals surface area contributed by atoms with Crippen LogP contribution >= 0.6 is 11.3 Å². The van der Waals surface area contributed by atoms with Crippen LogP contribution in [0.4, 0.5) is 0 Å². The summed E-state index contributed by atoms with van der Waals surface area (Å²) in [6.45, 7) is 6.07. The third kappa shape index (κ3) is 4.64. The molecule has 29 heavy (non-hydrogen) atoms. The van der Waals surface area contributed by atoms with Crippen LogP contribution in [0.1, 0.15) is 47.1 Å². The van der Waals surface area contributed by atoms with Crippen molar-refractivity contribution in [2.45, 2.75) is 52.2 Å². The molecule has 3 aromatic heterocycles. The van der Waals surface area contributed by atoms with Gasteiger partial charge in [0.25, 0.3) is 0 Å². The Morgan fingerprint density at radius 2 is 2.24 bits per heavy atom. The number of fused-ring (bicyclic) bond motifs is 1. The van der Waals surface area contributed by atoms with Crippen LogP contribution in [-0.4, -0.2) is 42.0 Å². The van der Waals surface area contributed by atoms with Gasteiger partial charge < -0.3 is 15.2 Å². The van der Waals surface area contributed by atoms with E-state index in [9.17, 15) is 0 Å². The quantitative estimate of drug-likeness (QED) is 0.473. The summed E-state index contributed by atoms with van der Waals surface area (Å²) in [5, 5.41) is 22.0. The third-order valence-corrected chi connectivity index (χ3v) is 6.03. The molecule has 1 aliphatic rings. The average molecular weight is 414 g/mol. The number of thiophene rings is 1. The summed E-state index contributed by atoms with van der Waals surface area (Å²) < 4.78 is 3.97. The van der Waals surface area contributed by atoms with Crippen molar-refractivity contribution < 1.29 is 0 Å². The van der Waals surface area contributed by atoms with Gasteiger partial charge in [-0.25, -0.2) is 14.7 Å². The van der Waals surface area contributed by atoms with Crippen molar-refractivity contribution in [3.8, 4) is 0 Å². The summed E-state index contributed by atoms with van der Waals surface area (Å²) in [5.41, 5.74) is 0. The van der Waals surface area contributed by atoms with Gasteiger partial charge in [0.15, 0.2) is 11.8 Å². The van der Waals surface area contributed by atoms with Crippen LogP contribution in [0.15, 0.2) is 22.5 Å². The fraction of sp³-hybridized carbons (Fsp3) is 0.526. The zero-order chi connectivity index (χ0) is 20.2. The zero-order valence-electron chi connectivity index (χ0n) is 17.1. The summed E-state index contributed by atoms with van der Waals surface area (Å²) in [6, 6.07) is 4.34. The highest BCUT2D eigenvalue weighted by molar-refractivity contribution is 7.09. The molecule has 1 aliphatic heterocycles. The lowest BCUT2D eigenvalue weighted by Crippen LogP contribution is -2.42. The van der Waals surface area contributed by atoms with Crippen LogP contribution in [0.2, 0.25) is 0 Å². The number of hydrogen-bond donors (Lipinski definition) is 2. The molecule has 0 radical (unpaired) electrons. The Morgan fingerprint density at radius 3 is 3.00 bits per heavy atom. The Hall–Kier alpha value is -2.75. The standard InChI is InChI=1S/C19H27N9S/c1-13-22-18-16(7-4-10-28(18)26-13)23-19(20-9-8-15-6-5-11-29-15)21-12-17-25-24-14(2)27(17)3/h5-6,11,16H,4,7-10,12H2,1-3H3,(H2,20,21,23). The van der Waals surface area contributed by atoms with Gasteiger partial charge in [0, 0.05) is 25.0 Å². The second-order valence-electron chi connectivity index (χ2n) is 7.22. The van der Waals surface area contributed by atoms with Gasteiger partial charge in [-0.3, -0.25) is 0 Å². The molecule has 0 bridgehead atoms. The lowest BCUT2D eigenvalue weighted by Gasteiger charge is -2.25. The summed E-state index contributed by atoms with van der Waals surface area (Å²) in [6.07, 6.45) is 3.03. The van der Waals surface area contributed by atoms with Crippen molar-refractivity contribution in [3.05, 3.63) is 45.7 Å². The van der Waals surface area contributed by atoms with Crippen LogP contribution in [-0.2, 0) is 26.6 Å². The molecule has 0 aromatic carbocycles. The van der Waals surface area contributed by atoms with E-state index in [-0.39, 0.29) is 6.04 Å². The minimum Gasteiger partial charge on any atom is -0.356 e. The smallest absolute Gasteiger partial charge is 0.192 e. The van der Waals surface area contributed by atoms with Crippen molar-refractivity contribution in [1.29, 1.82) is 0 Å². The second kappa shape index (κ2) is 8.73. The van der Waals surface area contributed by atoms with E-state index in [1.54, 1.807) is 11.3 Å². The fourth-order valence-electron chi connectivity index (χ4n) is 3.42. The Morgan fingerprint density at radius 1 is 1.34 bits per heavy atom. The first kappa shape index (κ1) is 19.6. The molecule has 9 nitrogen and oxygen atoms in total. The molecule has 0 saturated carbocycles. The van der Waals surface area contributed by atoms with E-state index >= 15 is 0 Å². The van der Waals surface area contributed by atoms with Gasteiger partial charge in [-0.15, -0.1) is 21.5 Å². The number of rotatable bonds is 6. The molecule has 10 heteroatoms. The first-order valence-corrected chi connectivity index (χ1v) is 10.8. The van der Waals surface area contributed by atoms with Gasteiger partial charge in [0.1, 0.15) is 24.0 Å². The van der Waals surface area contributed by atoms with Crippen LogP contribution in [0.3, 0.4) is 0 Å². The largest absolute Gasteiger partial charge is 0.356 e. The normalized spacial score (nSPS) is 16.7. The minimum absolute atomic E-state index is 0.0965. The van der Waals surface area contributed by atoms with Crippen LogP contribution in [0.25, 0.3) is 0 Å². The van der Waals surface area contributed by atoms with E-state index in [1.165, 1.54) is 4.88 Å².